The Morgan fingerprint density at radius 2 is 1.85 bits per heavy atom. The van der Waals surface area contributed by atoms with Gasteiger partial charge in [-0.15, -0.1) is 29.1 Å². The van der Waals surface area contributed by atoms with Gasteiger partial charge >= 0.3 is 0 Å². The zero-order valence-corrected chi connectivity index (χ0v) is 20.9. The van der Waals surface area contributed by atoms with Gasteiger partial charge in [0.1, 0.15) is 11.5 Å². The Bertz CT molecular complexity index is 1520. The highest BCUT2D eigenvalue weighted by molar-refractivity contribution is 14.0. The first-order chi connectivity index (χ1) is 18.4. The normalized spacial score (nSPS) is 18.6. The van der Waals surface area contributed by atoms with Crippen molar-refractivity contribution in [2.75, 3.05) is 45.0 Å². The second-order valence-electron chi connectivity index (χ2n) is 8.27. The third-order valence-electron chi connectivity index (χ3n) is 5.76. The number of piperazine rings is 1. The number of pyridine rings is 3. The van der Waals surface area contributed by atoms with Crippen molar-refractivity contribution >= 4 is 46.4 Å². The van der Waals surface area contributed by atoms with Crippen LogP contribution in [-0.2, 0) is 13.5 Å². The van der Waals surface area contributed by atoms with Crippen LogP contribution in [0.2, 0.25) is 0 Å². The first-order valence-corrected chi connectivity index (χ1v) is 10.6. The van der Waals surface area contributed by atoms with Gasteiger partial charge in [-0.2, -0.15) is 0 Å². The summed E-state index contributed by atoms with van der Waals surface area (Å²) in [4.78, 5) is 28.2. The summed E-state index contributed by atoms with van der Waals surface area (Å²) in [6.07, 6.45) is 6.75. The average Bonchev–Trinajstić information content (AvgIpc) is 3.33. The molecule has 4 aromatic heterocycles. The van der Waals surface area contributed by atoms with Crippen LogP contribution in [0.5, 0.6) is 0 Å². The summed E-state index contributed by atoms with van der Waals surface area (Å²) >= 11 is 0. The zero-order valence-electron chi connectivity index (χ0n) is 24.5. The third-order valence-corrected chi connectivity index (χ3v) is 5.76. The number of Topliss-reactive ketones (excluding diaryl/α,β-unsaturated/α-hetero) is 1. The van der Waals surface area contributed by atoms with E-state index in [4.69, 9.17) is 8.22 Å². The van der Waals surface area contributed by atoms with Crippen LogP contribution < -0.4 is 4.90 Å². The highest BCUT2D eigenvalue weighted by Gasteiger charge is 2.25. The van der Waals surface area contributed by atoms with Gasteiger partial charge in [0.05, 0.1) is 66.7 Å². The van der Waals surface area contributed by atoms with E-state index in [2.05, 4.69) is 25.3 Å². The second kappa shape index (κ2) is 9.71. The van der Waals surface area contributed by atoms with E-state index in [1.54, 1.807) is 42.5 Å². The number of quaternary nitrogens is 1. The lowest BCUT2D eigenvalue weighted by Crippen LogP contribution is -2.55. The van der Waals surface area contributed by atoms with E-state index >= 15 is 0 Å². The molecule has 1 saturated heterocycles. The van der Waals surface area contributed by atoms with Crippen molar-refractivity contribution in [3.8, 4) is 11.4 Å². The van der Waals surface area contributed by atoms with Crippen LogP contribution >= 0.6 is 24.0 Å². The van der Waals surface area contributed by atoms with Gasteiger partial charge in [-0.25, -0.2) is 4.98 Å². The van der Waals surface area contributed by atoms with Crippen LogP contribution in [0.1, 0.15) is 24.3 Å². The minimum Gasteiger partial charge on any atom is -0.345 e. The SMILES string of the molecule is I.[2H]C([2H])([2H])[N+]1(C([2H])([2H])[2H])CCN(c2cc(C(=O)Cc3cc4cc(-c5cn(C)nn5)ncc4cn3)ccn2)CC1. The van der Waals surface area contributed by atoms with E-state index in [1.807, 2.05) is 17.0 Å². The molecule has 0 atom stereocenters. The topological polar surface area (TPSA) is 89.7 Å². The number of nitrogens with zero attached hydrogens (tertiary/aromatic N) is 8. The summed E-state index contributed by atoms with van der Waals surface area (Å²) in [6, 6.07) is 7.01. The fourth-order valence-electron chi connectivity index (χ4n) is 3.85. The molecule has 4 aromatic rings. The number of aromatic nitrogens is 6. The Balaban J connectivity index is 0.00000370. The fourth-order valence-corrected chi connectivity index (χ4v) is 3.85. The van der Waals surface area contributed by atoms with Crippen molar-refractivity contribution in [3.05, 3.63) is 60.3 Å². The molecular formula is C24H28IN8O+. The molecule has 34 heavy (non-hydrogen) atoms. The predicted molar refractivity (Wildman–Crippen MR) is 141 cm³/mol. The summed E-state index contributed by atoms with van der Waals surface area (Å²) in [7, 11) is 1.78. The molecule has 5 heterocycles. The number of aryl methyl sites for hydroxylation is 1. The molecule has 0 radical (unpaired) electrons. The first-order valence-electron chi connectivity index (χ1n) is 13.6. The second-order valence-corrected chi connectivity index (χ2v) is 8.27. The number of carbonyl (C=O) groups is 1. The summed E-state index contributed by atoms with van der Waals surface area (Å²) in [5.74, 6) is 0.349. The molecule has 1 aliphatic rings. The van der Waals surface area contributed by atoms with E-state index in [0.717, 1.165) is 10.8 Å². The lowest BCUT2D eigenvalue weighted by atomic mass is 10.1. The molecule has 10 heteroatoms. The molecule has 0 spiro atoms. The number of ketones is 1. The van der Waals surface area contributed by atoms with E-state index in [-0.39, 0.29) is 62.4 Å². The Labute approximate surface area is 223 Å². The third kappa shape index (κ3) is 5.22. The number of hydrogen-bond donors (Lipinski definition) is 0. The molecule has 0 N–H and O–H groups in total. The fraction of sp³-hybridized carbons (Fsp3) is 0.333. The average molecular weight is 577 g/mol. The molecular weight excluding hydrogens is 543 g/mol. The molecule has 0 unspecified atom stereocenters. The minimum absolute atomic E-state index is 0. The Hall–Kier alpha value is -2.99. The number of anilines is 1. The highest BCUT2D eigenvalue weighted by Crippen LogP contribution is 2.22. The Morgan fingerprint density at radius 1 is 1.06 bits per heavy atom. The quantitative estimate of drug-likeness (QED) is 0.205. The zero-order chi connectivity index (χ0) is 28.0. The standard InChI is InChI=1S/C24H27N8O.HI/c1-30-16-22(28-29-30)21-11-18-10-20(26-14-19(18)15-27-21)13-23(33)17-4-5-25-24(12-17)31-6-8-32(2,3)9-7-31;/h4-5,10-12,14-16H,6-9,13H2,1-3H3;1H/q+1;/i2D3,3D3;. The van der Waals surface area contributed by atoms with Crippen LogP contribution in [0.4, 0.5) is 5.82 Å². The summed E-state index contributed by atoms with van der Waals surface area (Å²) in [5.41, 5.74) is 2.34. The maximum absolute atomic E-state index is 13.2. The molecule has 0 aliphatic carbocycles. The smallest absolute Gasteiger partial charge is 0.169 e. The number of halogens is 1. The lowest BCUT2D eigenvalue weighted by Gasteiger charge is -2.39. The molecule has 1 aliphatic heterocycles. The van der Waals surface area contributed by atoms with Crippen LogP contribution in [0.15, 0.2) is 49.1 Å². The van der Waals surface area contributed by atoms with Gasteiger partial charge in [0.2, 0.25) is 0 Å². The molecule has 5 rings (SSSR count). The molecule has 0 amide bonds. The monoisotopic (exact) mass is 577 g/mol. The van der Waals surface area contributed by atoms with Gasteiger partial charge in [0.15, 0.2) is 5.78 Å². The Kier molecular flexibility index (Phi) is 4.98. The van der Waals surface area contributed by atoms with Gasteiger partial charge in [0, 0.05) is 42.3 Å². The predicted octanol–water partition coefficient (Wildman–Crippen LogP) is 2.76. The number of fused-ring (bicyclic) bond motifs is 1. The molecule has 176 valence electrons. The number of likely N-dealkylation sites (N-methyl/N-ethyl adjacent to an activating group) is 1. The van der Waals surface area contributed by atoms with Gasteiger partial charge in [-0.1, -0.05) is 5.21 Å². The van der Waals surface area contributed by atoms with Crippen molar-refractivity contribution in [1.82, 2.24) is 29.9 Å². The van der Waals surface area contributed by atoms with E-state index in [1.165, 1.54) is 6.20 Å². The van der Waals surface area contributed by atoms with Crippen LogP contribution in [0.25, 0.3) is 22.2 Å². The lowest BCUT2D eigenvalue weighted by molar-refractivity contribution is -0.890. The molecule has 9 nitrogen and oxygen atoms in total. The number of hydrogen-bond acceptors (Lipinski definition) is 7. The Morgan fingerprint density at radius 3 is 2.59 bits per heavy atom. The molecule has 0 aromatic carbocycles. The van der Waals surface area contributed by atoms with E-state index < -0.39 is 18.4 Å². The molecule has 0 saturated carbocycles. The van der Waals surface area contributed by atoms with Crippen LogP contribution in [-0.4, -0.2) is 80.3 Å². The summed E-state index contributed by atoms with van der Waals surface area (Å²) in [6.45, 7) is -5.12. The highest BCUT2D eigenvalue weighted by atomic mass is 127. The van der Waals surface area contributed by atoms with Crippen molar-refractivity contribution in [3.63, 3.8) is 0 Å². The van der Waals surface area contributed by atoms with Crippen molar-refractivity contribution in [2.45, 2.75) is 6.42 Å². The van der Waals surface area contributed by atoms with Crippen LogP contribution in [0.3, 0.4) is 0 Å². The maximum atomic E-state index is 13.2. The minimum atomic E-state index is -2.67. The van der Waals surface area contributed by atoms with Gasteiger partial charge in [0.25, 0.3) is 0 Å². The van der Waals surface area contributed by atoms with Gasteiger partial charge < -0.3 is 9.38 Å². The van der Waals surface area contributed by atoms with Crippen molar-refractivity contribution in [2.24, 2.45) is 7.05 Å². The summed E-state index contributed by atoms with van der Waals surface area (Å²) < 4.78 is 47.8. The summed E-state index contributed by atoms with van der Waals surface area (Å²) in [5, 5.41) is 9.74. The van der Waals surface area contributed by atoms with Crippen molar-refractivity contribution < 1.29 is 17.5 Å². The number of rotatable bonds is 5. The van der Waals surface area contributed by atoms with E-state index in [0.29, 0.717) is 28.5 Å². The number of carbonyl (C=O) groups excluding carboxylic acids is 1. The maximum Gasteiger partial charge on any atom is 0.169 e. The first kappa shape index (κ1) is 17.4. The van der Waals surface area contributed by atoms with E-state index in [9.17, 15) is 4.79 Å². The molecule has 1 fully saturated rings. The van der Waals surface area contributed by atoms with Crippen molar-refractivity contribution in [1.29, 1.82) is 0 Å². The van der Waals surface area contributed by atoms with Gasteiger partial charge in [-0.05, 0) is 29.7 Å². The van der Waals surface area contributed by atoms with Crippen LogP contribution in [0, 0.1) is 0 Å². The largest absolute Gasteiger partial charge is 0.345 e. The van der Waals surface area contributed by atoms with Gasteiger partial charge in [-0.3, -0.25) is 19.4 Å². The molecule has 0 bridgehead atoms.